The van der Waals surface area contributed by atoms with Crippen LogP contribution >= 0.6 is 11.8 Å². The molecule has 0 aliphatic carbocycles. The van der Waals surface area contributed by atoms with E-state index in [1.54, 1.807) is 38.3 Å². The van der Waals surface area contributed by atoms with Crippen molar-refractivity contribution in [2.75, 3.05) is 26.1 Å². The van der Waals surface area contributed by atoms with E-state index in [9.17, 15) is 19.5 Å². The number of aliphatic hydroxyl groups excluding tert-OH is 1. The normalized spacial score (nSPS) is 12.0. The standard InChI is InChI=1S/C21H26N4O7S/c1-5-31-16(27)12-33-20-22-18-17(19(28)24(3)21(29)23(18)2)25(20)10-13(26)11-32-15-8-6-14(30-4)7-9-15/h6-9,13,26H,5,10-12H2,1-4H3/t13-/m1/s1. The summed E-state index contributed by atoms with van der Waals surface area (Å²) in [5.74, 6) is 0.744. The number of aliphatic hydroxyl groups is 1. The zero-order valence-corrected chi connectivity index (χ0v) is 19.6. The number of thioether (sulfide) groups is 1. The van der Waals surface area contributed by atoms with Crippen molar-refractivity contribution < 1.29 is 24.1 Å². The molecule has 33 heavy (non-hydrogen) atoms. The predicted molar refractivity (Wildman–Crippen MR) is 122 cm³/mol. The first-order chi connectivity index (χ1) is 15.8. The number of benzene rings is 1. The van der Waals surface area contributed by atoms with Gasteiger partial charge in [-0.1, -0.05) is 11.8 Å². The quantitative estimate of drug-likeness (QED) is 0.328. The molecule has 0 aliphatic rings. The molecule has 1 aromatic carbocycles. The molecule has 2 heterocycles. The molecule has 12 heteroatoms. The summed E-state index contributed by atoms with van der Waals surface area (Å²) in [7, 11) is 4.44. The number of nitrogens with zero attached hydrogens (tertiary/aromatic N) is 4. The Labute approximate surface area is 193 Å². The molecule has 0 saturated carbocycles. The van der Waals surface area contributed by atoms with Crippen LogP contribution in [0.2, 0.25) is 0 Å². The molecule has 0 aliphatic heterocycles. The number of aryl methyl sites for hydroxylation is 1. The molecule has 3 rings (SSSR count). The Morgan fingerprint density at radius 2 is 1.82 bits per heavy atom. The number of hydrogen-bond acceptors (Lipinski definition) is 9. The average molecular weight is 479 g/mol. The highest BCUT2D eigenvalue weighted by molar-refractivity contribution is 7.99. The summed E-state index contributed by atoms with van der Waals surface area (Å²) >= 11 is 1.06. The van der Waals surface area contributed by atoms with Gasteiger partial charge >= 0.3 is 11.7 Å². The van der Waals surface area contributed by atoms with Crippen molar-refractivity contribution >= 4 is 28.9 Å². The number of aromatic nitrogens is 4. The molecule has 3 aromatic rings. The minimum absolute atomic E-state index is 0.0365. The van der Waals surface area contributed by atoms with E-state index in [1.807, 2.05) is 0 Å². The minimum atomic E-state index is -1.01. The number of carbonyl (C=O) groups is 1. The van der Waals surface area contributed by atoms with E-state index < -0.39 is 23.3 Å². The third-order valence-corrected chi connectivity index (χ3v) is 5.78. The first kappa shape index (κ1) is 24.4. The van der Waals surface area contributed by atoms with Crippen LogP contribution in [0.15, 0.2) is 39.0 Å². The third kappa shape index (κ3) is 5.40. The van der Waals surface area contributed by atoms with Crippen molar-refractivity contribution in [3.63, 3.8) is 0 Å². The van der Waals surface area contributed by atoms with Gasteiger partial charge in [-0.3, -0.25) is 18.7 Å². The lowest BCUT2D eigenvalue weighted by Gasteiger charge is -2.15. The molecular formula is C21H26N4O7S. The fraction of sp³-hybridized carbons (Fsp3) is 0.429. The van der Waals surface area contributed by atoms with Crippen LogP contribution < -0.4 is 20.7 Å². The maximum Gasteiger partial charge on any atom is 0.332 e. The van der Waals surface area contributed by atoms with Crippen LogP contribution in [0.4, 0.5) is 0 Å². The molecule has 0 fully saturated rings. The van der Waals surface area contributed by atoms with Gasteiger partial charge in [-0.25, -0.2) is 9.78 Å². The molecule has 1 N–H and O–H groups in total. The highest BCUT2D eigenvalue weighted by Crippen LogP contribution is 2.23. The van der Waals surface area contributed by atoms with E-state index in [4.69, 9.17) is 14.2 Å². The number of rotatable bonds is 10. The van der Waals surface area contributed by atoms with Crippen molar-refractivity contribution in [2.24, 2.45) is 14.1 Å². The van der Waals surface area contributed by atoms with Gasteiger partial charge in [0.15, 0.2) is 16.3 Å². The Kier molecular flexibility index (Phi) is 7.82. The molecule has 0 bridgehead atoms. The van der Waals surface area contributed by atoms with Crippen molar-refractivity contribution in [2.45, 2.75) is 24.7 Å². The van der Waals surface area contributed by atoms with Crippen molar-refractivity contribution in [1.29, 1.82) is 0 Å². The molecule has 0 radical (unpaired) electrons. The Morgan fingerprint density at radius 1 is 1.15 bits per heavy atom. The first-order valence-corrected chi connectivity index (χ1v) is 11.1. The predicted octanol–water partition coefficient (Wildman–Crippen LogP) is 0.537. The van der Waals surface area contributed by atoms with Gasteiger partial charge in [-0.05, 0) is 31.2 Å². The fourth-order valence-corrected chi connectivity index (χ4v) is 3.96. The van der Waals surface area contributed by atoms with E-state index in [2.05, 4.69) is 4.98 Å². The van der Waals surface area contributed by atoms with Gasteiger partial charge in [-0.15, -0.1) is 0 Å². The van der Waals surface area contributed by atoms with Gasteiger partial charge in [0, 0.05) is 14.1 Å². The number of methoxy groups -OCH3 is 1. The molecule has 0 unspecified atom stereocenters. The van der Waals surface area contributed by atoms with Crippen LogP contribution in [0, 0.1) is 0 Å². The summed E-state index contributed by atoms with van der Waals surface area (Å²) in [5.41, 5.74) is -0.762. The second-order valence-electron chi connectivity index (χ2n) is 7.12. The first-order valence-electron chi connectivity index (χ1n) is 10.2. The van der Waals surface area contributed by atoms with Crippen LogP contribution in [0.5, 0.6) is 11.5 Å². The molecule has 0 saturated heterocycles. The van der Waals surface area contributed by atoms with E-state index in [0.29, 0.717) is 16.7 Å². The summed E-state index contributed by atoms with van der Waals surface area (Å²) in [6, 6.07) is 6.90. The van der Waals surface area contributed by atoms with E-state index in [1.165, 1.54) is 23.2 Å². The zero-order valence-electron chi connectivity index (χ0n) is 18.8. The van der Waals surface area contributed by atoms with E-state index in [-0.39, 0.29) is 36.7 Å². The van der Waals surface area contributed by atoms with Crippen molar-refractivity contribution in [3.05, 3.63) is 45.1 Å². The Morgan fingerprint density at radius 3 is 2.45 bits per heavy atom. The lowest BCUT2D eigenvalue weighted by atomic mass is 10.3. The summed E-state index contributed by atoms with van der Waals surface area (Å²) in [4.78, 5) is 41.4. The Hall–Kier alpha value is -3.25. The molecule has 0 amide bonds. The SMILES string of the molecule is CCOC(=O)CSc1nc2c(c(=O)n(C)c(=O)n2C)n1C[C@@H](O)COc1ccc(OC)cc1. The monoisotopic (exact) mass is 478 g/mol. The highest BCUT2D eigenvalue weighted by atomic mass is 32.2. The topological polar surface area (TPSA) is 127 Å². The van der Waals surface area contributed by atoms with Gasteiger partial charge in [-0.2, -0.15) is 0 Å². The molecule has 2 aromatic heterocycles. The second kappa shape index (κ2) is 10.6. The number of imidazole rings is 1. The van der Waals surface area contributed by atoms with Crippen LogP contribution in [0.25, 0.3) is 11.2 Å². The maximum absolute atomic E-state index is 12.9. The summed E-state index contributed by atoms with van der Waals surface area (Å²) < 4.78 is 19.4. The van der Waals surface area contributed by atoms with Crippen LogP contribution in [-0.2, 0) is 30.2 Å². The summed E-state index contributed by atoms with van der Waals surface area (Å²) in [6.07, 6.45) is -1.01. The van der Waals surface area contributed by atoms with Crippen molar-refractivity contribution in [1.82, 2.24) is 18.7 Å². The minimum Gasteiger partial charge on any atom is -0.497 e. The number of hydrogen-bond donors (Lipinski definition) is 1. The Bertz CT molecular complexity index is 1250. The summed E-state index contributed by atoms with van der Waals surface area (Å²) in [5, 5.41) is 10.9. The number of fused-ring (bicyclic) bond motifs is 1. The summed E-state index contributed by atoms with van der Waals surface area (Å²) in [6.45, 7) is 1.86. The zero-order chi connectivity index (χ0) is 24.1. The van der Waals surface area contributed by atoms with Crippen LogP contribution in [0.1, 0.15) is 6.92 Å². The number of carbonyl (C=O) groups excluding carboxylic acids is 1. The van der Waals surface area contributed by atoms with Gasteiger partial charge in [0.2, 0.25) is 0 Å². The van der Waals surface area contributed by atoms with E-state index in [0.717, 1.165) is 16.3 Å². The number of esters is 1. The highest BCUT2D eigenvalue weighted by Gasteiger charge is 2.22. The largest absolute Gasteiger partial charge is 0.497 e. The van der Waals surface area contributed by atoms with Gasteiger partial charge in [0.25, 0.3) is 5.56 Å². The van der Waals surface area contributed by atoms with Crippen LogP contribution in [0.3, 0.4) is 0 Å². The van der Waals surface area contributed by atoms with Gasteiger partial charge in [0.05, 0.1) is 26.0 Å². The van der Waals surface area contributed by atoms with E-state index >= 15 is 0 Å². The second-order valence-corrected chi connectivity index (χ2v) is 8.06. The molecular weight excluding hydrogens is 452 g/mol. The van der Waals surface area contributed by atoms with Crippen LogP contribution in [-0.4, -0.2) is 61.9 Å². The Balaban J connectivity index is 1.89. The lowest BCUT2D eigenvalue weighted by Crippen LogP contribution is -2.38. The maximum atomic E-state index is 12.9. The van der Waals surface area contributed by atoms with Gasteiger partial charge < -0.3 is 23.9 Å². The van der Waals surface area contributed by atoms with Gasteiger partial charge in [0.1, 0.15) is 24.2 Å². The smallest absolute Gasteiger partial charge is 0.332 e. The van der Waals surface area contributed by atoms with Crippen molar-refractivity contribution in [3.8, 4) is 11.5 Å². The average Bonchev–Trinajstić information content (AvgIpc) is 3.17. The number of ether oxygens (including phenoxy) is 3. The fourth-order valence-electron chi connectivity index (χ4n) is 3.16. The molecule has 178 valence electrons. The lowest BCUT2D eigenvalue weighted by molar-refractivity contribution is -0.139. The third-order valence-electron chi connectivity index (χ3n) is 4.83. The molecule has 0 spiro atoms. The molecule has 11 nitrogen and oxygen atoms in total. The molecule has 1 atom stereocenters.